The van der Waals surface area contributed by atoms with E-state index >= 15 is 0 Å². The average Bonchev–Trinajstić information content (AvgIpc) is 2.42. The van der Waals surface area contributed by atoms with E-state index < -0.39 is 0 Å². The van der Waals surface area contributed by atoms with Crippen LogP contribution in [0.15, 0.2) is 23.5 Å². The lowest BCUT2D eigenvalue weighted by Gasteiger charge is -2.08. The molecule has 96 valence electrons. The average molecular weight is 246 g/mol. The van der Waals surface area contributed by atoms with Crippen LogP contribution in [-0.2, 0) is 6.54 Å². The largest absolute Gasteiger partial charge is 0.409 e. The van der Waals surface area contributed by atoms with Gasteiger partial charge in [-0.05, 0) is 31.0 Å². The van der Waals surface area contributed by atoms with Gasteiger partial charge in [-0.1, -0.05) is 11.2 Å². The van der Waals surface area contributed by atoms with E-state index in [1.807, 2.05) is 12.1 Å². The molecule has 0 radical (unpaired) electrons. The van der Waals surface area contributed by atoms with E-state index in [2.05, 4.69) is 21.4 Å². The molecule has 1 heterocycles. The zero-order chi connectivity index (χ0) is 13.2. The zero-order valence-corrected chi connectivity index (χ0v) is 10.3. The Morgan fingerprint density at radius 2 is 2.39 bits per heavy atom. The molecule has 0 fully saturated rings. The molecule has 5 heteroatoms. The third-order valence-corrected chi connectivity index (χ3v) is 2.48. The molecule has 0 aliphatic heterocycles. The second kappa shape index (κ2) is 8.09. The van der Waals surface area contributed by atoms with Crippen LogP contribution in [0, 0.1) is 12.3 Å². The first-order valence-electron chi connectivity index (χ1n) is 5.85. The van der Waals surface area contributed by atoms with E-state index in [-0.39, 0.29) is 5.84 Å². The molecule has 0 amide bonds. The number of hydrogen-bond donors (Lipinski definition) is 3. The first-order chi connectivity index (χ1) is 8.79. The summed E-state index contributed by atoms with van der Waals surface area (Å²) in [7, 11) is 0. The van der Waals surface area contributed by atoms with Crippen LogP contribution in [0.1, 0.15) is 30.5 Å². The second-order valence-corrected chi connectivity index (χ2v) is 3.83. The van der Waals surface area contributed by atoms with E-state index in [9.17, 15) is 0 Å². The molecule has 0 unspecified atom stereocenters. The molecular formula is C13H18N4O. The molecule has 0 aliphatic carbocycles. The van der Waals surface area contributed by atoms with Crippen LogP contribution in [-0.4, -0.2) is 22.6 Å². The minimum absolute atomic E-state index is 0.0275. The summed E-state index contributed by atoms with van der Waals surface area (Å²) < 4.78 is 0. The molecule has 1 aromatic rings. The Morgan fingerprint density at radius 3 is 3.11 bits per heavy atom. The van der Waals surface area contributed by atoms with E-state index in [1.54, 1.807) is 6.20 Å². The van der Waals surface area contributed by atoms with Gasteiger partial charge in [-0.25, -0.2) is 0 Å². The van der Waals surface area contributed by atoms with Crippen molar-refractivity contribution in [2.24, 2.45) is 10.9 Å². The van der Waals surface area contributed by atoms with Crippen molar-refractivity contribution in [3.63, 3.8) is 0 Å². The van der Waals surface area contributed by atoms with Gasteiger partial charge in [0.15, 0.2) is 5.84 Å². The number of nitrogens with one attached hydrogen (secondary N) is 1. The van der Waals surface area contributed by atoms with Crippen molar-refractivity contribution in [1.82, 2.24) is 10.3 Å². The molecule has 1 rings (SSSR count). The summed E-state index contributed by atoms with van der Waals surface area (Å²) in [6, 6.07) is 3.72. The van der Waals surface area contributed by atoms with Gasteiger partial charge < -0.3 is 16.3 Å². The smallest absolute Gasteiger partial charge is 0.189 e. The maximum atomic E-state index is 8.67. The minimum Gasteiger partial charge on any atom is -0.409 e. The third-order valence-electron chi connectivity index (χ3n) is 2.48. The molecule has 5 nitrogen and oxygen atoms in total. The fourth-order valence-corrected chi connectivity index (χ4v) is 1.56. The van der Waals surface area contributed by atoms with Crippen LogP contribution < -0.4 is 11.1 Å². The predicted molar refractivity (Wildman–Crippen MR) is 71.1 cm³/mol. The summed E-state index contributed by atoms with van der Waals surface area (Å²) in [5, 5.41) is 14.9. The van der Waals surface area contributed by atoms with Gasteiger partial charge >= 0.3 is 0 Å². The van der Waals surface area contributed by atoms with Gasteiger partial charge in [0.2, 0.25) is 0 Å². The van der Waals surface area contributed by atoms with Gasteiger partial charge in [0, 0.05) is 19.2 Å². The Balaban J connectivity index is 2.45. The first-order valence-corrected chi connectivity index (χ1v) is 5.85. The molecule has 0 saturated carbocycles. The van der Waals surface area contributed by atoms with Crippen molar-refractivity contribution < 1.29 is 5.21 Å². The van der Waals surface area contributed by atoms with Crippen molar-refractivity contribution in [2.75, 3.05) is 6.54 Å². The maximum absolute atomic E-state index is 8.67. The highest BCUT2D eigenvalue weighted by molar-refractivity contribution is 5.96. The van der Waals surface area contributed by atoms with Gasteiger partial charge in [0.1, 0.15) is 5.69 Å². The van der Waals surface area contributed by atoms with Crippen molar-refractivity contribution in [3.05, 3.63) is 29.6 Å². The first kappa shape index (κ1) is 14.0. The van der Waals surface area contributed by atoms with Gasteiger partial charge in [0.25, 0.3) is 0 Å². The van der Waals surface area contributed by atoms with Crippen LogP contribution in [0.2, 0.25) is 0 Å². The number of rotatable bonds is 7. The zero-order valence-electron chi connectivity index (χ0n) is 10.3. The van der Waals surface area contributed by atoms with E-state index in [0.29, 0.717) is 12.2 Å². The topological polar surface area (TPSA) is 83.5 Å². The Kier molecular flexibility index (Phi) is 6.30. The van der Waals surface area contributed by atoms with Gasteiger partial charge in [-0.3, -0.25) is 4.98 Å². The predicted octanol–water partition coefficient (Wildman–Crippen LogP) is 1.07. The van der Waals surface area contributed by atoms with Gasteiger partial charge in [-0.2, -0.15) is 0 Å². The van der Waals surface area contributed by atoms with Crippen molar-refractivity contribution in [1.29, 1.82) is 0 Å². The fourth-order valence-electron chi connectivity index (χ4n) is 1.56. The molecule has 0 saturated heterocycles. The van der Waals surface area contributed by atoms with E-state index in [4.69, 9.17) is 17.4 Å². The quantitative estimate of drug-likeness (QED) is 0.168. The highest BCUT2D eigenvalue weighted by Crippen LogP contribution is 2.04. The standard InChI is InChI=1S/C13H18N4O/c1-2-3-4-5-8-15-10-11-7-6-9-16-12(11)13(14)17-18/h1,6-7,9,15,18H,3-5,8,10H2,(H2,14,17). The lowest BCUT2D eigenvalue weighted by molar-refractivity contribution is 0.318. The Bertz CT molecular complexity index is 437. The summed E-state index contributed by atoms with van der Waals surface area (Å²) in [6.45, 7) is 1.52. The Labute approximate surface area is 107 Å². The summed E-state index contributed by atoms with van der Waals surface area (Å²) in [4.78, 5) is 4.10. The number of aromatic nitrogens is 1. The highest BCUT2D eigenvalue weighted by atomic mass is 16.4. The SMILES string of the molecule is C#CCCCCNCc1cccnc1/C(N)=N\O. The lowest BCUT2D eigenvalue weighted by Crippen LogP contribution is -2.21. The number of nitrogens with two attached hydrogens (primary N) is 1. The fraction of sp³-hybridized carbons (Fsp3) is 0.385. The van der Waals surface area contributed by atoms with Crippen LogP contribution in [0.3, 0.4) is 0 Å². The summed E-state index contributed by atoms with van der Waals surface area (Å²) in [6.07, 6.45) is 9.65. The monoisotopic (exact) mass is 246 g/mol. The molecule has 0 aliphatic rings. The van der Waals surface area contributed by atoms with E-state index in [0.717, 1.165) is 31.4 Å². The maximum Gasteiger partial charge on any atom is 0.189 e. The number of pyridine rings is 1. The number of terminal acetylenes is 1. The molecular weight excluding hydrogens is 228 g/mol. The highest BCUT2D eigenvalue weighted by Gasteiger charge is 2.07. The van der Waals surface area contributed by atoms with Gasteiger partial charge in [-0.15, -0.1) is 12.3 Å². The molecule has 1 aromatic heterocycles. The molecule has 18 heavy (non-hydrogen) atoms. The number of oxime groups is 1. The van der Waals surface area contributed by atoms with Crippen LogP contribution >= 0.6 is 0 Å². The second-order valence-electron chi connectivity index (χ2n) is 3.83. The van der Waals surface area contributed by atoms with Crippen molar-refractivity contribution in [3.8, 4) is 12.3 Å². The van der Waals surface area contributed by atoms with Crippen LogP contribution in [0.25, 0.3) is 0 Å². The molecule has 4 N–H and O–H groups in total. The molecule has 0 spiro atoms. The Hall–Kier alpha value is -2.06. The molecule has 0 aromatic carbocycles. The molecule has 0 bridgehead atoms. The summed E-state index contributed by atoms with van der Waals surface area (Å²) >= 11 is 0. The summed E-state index contributed by atoms with van der Waals surface area (Å²) in [5.74, 6) is 2.64. The number of nitrogens with zero attached hydrogens (tertiary/aromatic N) is 2. The molecule has 0 atom stereocenters. The van der Waals surface area contributed by atoms with Crippen molar-refractivity contribution >= 4 is 5.84 Å². The third kappa shape index (κ3) is 4.44. The van der Waals surface area contributed by atoms with Crippen LogP contribution in [0.4, 0.5) is 0 Å². The lowest BCUT2D eigenvalue weighted by atomic mass is 10.1. The van der Waals surface area contributed by atoms with Crippen LogP contribution in [0.5, 0.6) is 0 Å². The van der Waals surface area contributed by atoms with Crippen molar-refractivity contribution in [2.45, 2.75) is 25.8 Å². The van der Waals surface area contributed by atoms with E-state index in [1.165, 1.54) is 0 Å². The van der Waals surface area contributed by atoms with Gasteiger partial charge in [0.05, 0.1) is 0 Å². The minimum atomic E-state index is 0.0275. The number of hydrogen-bond acceptors (Lipinski definition) is 4. The number of amidine groups is 1. The number of unbranched alkanes of at least 4 members (excludes halogenated alkanes) is 2. The Morgan fingerprint density at radius 1 is 1.56 bits per heavy atom. The normalized spacial score (nSPS) is 11.2. The summed E-state index contributed by atoms with van der Waals surface area (Å²) in [5.41, 5.74) is 6.97.